The highest BCUT2D eigenvalue weighted by molar-refractivity contribution is 5.89. The highest BCUT2D eigenvalue weighted by Crippen LogP contribution is 2.22. The zero-order valence-electron chi connectivity index (χ0n) is 13.2. The third-order valence-corrected chi connectivity index (χ3v) is 4.44. The maximum absolute atomic E-state index is 12.4. The average Bonchev–Trinajstić information content (AvgIpc) is 2.91. The molecular formula is C18H21N3O2. The predicted octanol–water partition coefficient (Wildman–Crippen LogP) is 1.43. The van der Waals surface area contributed by atoms with E-state index in [1.54, 1.807) is 11.9 Å². The third-order valence-electron chi connectivity index (χ3n) is 4.44. The normalized spacial score (nSPS) is 19.1. The van der Waals surface area contributed by atoms with Crippen LogP contribution in [0.25, 0.3) is 10.8 Å². The van der Waals surface area contributed by atoms with Gasteiger partial charge >= 0.3 is 0 Å². The Bertz CT molecular complexity index is 744. The lowest BCUT2D eigenvalue weighted by Gasteiger charge is -2.20. The Morgan fingerprint density at radius 1 is 1.30 bits per heavy atom. The molecule has 1 fully saturated rings. The van der Waals surface area contributed by atoms with E-state index in [4.69, 9.17) is 5.73 Å². The molecule has 3 N–H and O–H groups in total. The minimum atomic E-state index is -0.290. The van der Waals surface area contributed by atoms with Crippen LogP contribution in [0.4, 0.5) is 0 Å². The Labute approximate surface area is 135 Å². The number of hydrogen-bond acceptors (Lipinski definition) is 3. The third kappa shape index (κ3) is 3.19. The van der Waals surface area contributed by atoms with Crippen LogP contribution in [0.3, 0.4) is 0 Å². The van der Waals surface area contributed by atoms with Crippen molar-refractivity contribution in [3.05, 3.63) is 48.0 Å². The standard InChI is InChI=1S/C18H21N3O2/c1-21-11-15(9-17(21)22)18(23)20-16(10-19)14-7-6-12-4-2-3-5-13(12)8-14/h2-8,15-16H,9-11,19H2,1H3,(H,20,23). The fourth-order valence-electron chi connectivity index (χ4n) is 3.03. The van der Waals surface area contributed by atoms with Gasteiger partial charge in [0.2, 0.25) is 11.8 Å². The van der Waals surface area contributed by atoms with E-state index >= 15 is 0 Å². The van der Waals surface area contributed by atoms with Gasteiger partial charge in [0, 0.05) is 26.6 Å². The Balaban J connectivity index is 1.76. The number of carbonyl (C=O) groups is 2. The zero-order chi connectivity index (χ0) is 16.4. The minimum Gasteiger partial charge on any atom is -0.348 e. The fourth-order valence-corrected chi connectivity index (χ4v) is 3.03. The topological polar surface area (TPSA) is 75.4 Å². The smallest absolute Gasteiger partial charge is 0.225 e. The summed E-state index contributed by atoms with van der Waals surface area (Å²) in [6.45, 7) is 0.792. The van der Waals surface area contributed by atoms with E-state index in [9.17, 15) is 9.59 Å². The van der Waals surface area contributed by atoms with Crippen LogP contribution in [0.15, 0.2) is 42.5 Å². The van der Waals surface area contributed by atoms with Gasteiger partial charge in [-0.3, -0.25) is 9.59 Å². The molecule has 3 rings (SSSR count). The summed E-state index contributed by atoms with van der Waals surface area (Å²) < 4.78 is 0. The lowest BCUT2D eigenvalue weighted by molar-refractivity contribution is -0.128. The molecule has 5 nitrogen and oxygen atoms in total. The quantitative estimate of drug-likeness (QED) is 0.897. The molecule has 0 aliphatic carbocycles. The maximum atomic E-state index is 12.4. The summed E-state index contributed by atoms with van der Waals surface area (Å²) in [6.07, 6.45) is 0.275. The molecule has 1 aliphatic heterocycles. The van der Waals surface area contributed by atoms with Gasteiger partial charge in [0.05, 0.1) is 12.0 Å². The van der Waals surface area contributed by atoms with E-state index in [-0.39, 0.29) is 30.2 Å². The Morgan fingerprint density at radius 3 is 2.70 bits per heavy atom. The summed E-state index contributed by atoms with van der Waals surface area (Å²) >= 11 is 0. The van der Waals surface area contributed by atoms with Crippen molar-refractivity contribution in [2.75, 3.05) is 20.1 Å². The second-order valence-electron chi connectivity index (χ2n) is 6.08. The van der Waals surface area contributed by atoms with Crippen molar-refractivity contribution in [1.82, 2.24) is 10.2 Å². The molecule has 0 spiro atoms. The van der Waals surface area contributed by atoms with Gasteiger partial charge in [-0.05, 0) is 22.4 Å². The van der Waals surface area contributed by atoms with Crippen LogP contribution in [0.2, 0.25) is 0 Å². The maximum Gasteiger partial charge on any atom is 0.225 e. The monoisotopic (exact) mass is 311 g/mol. The Hall–Kier alpha value is -2.40. The first-order valence-electron chi connectivity index (χ1n) is 7.81. The Kier molecular flexibility index (Phi) is 4.30. The summed E-state index contributed by atoms with van der Waals surface area (Å²) in [5.41, 5.74) is 6.84. The van der Waals surface area contributed by atoms with Crippen molar-refractivity contribution in [1.29, 1.82) is 0 Å². The molecule has 2 aromatic carbocycles. The molecule has 0 radical (unpaired) electrons. The molecule has 1 aliphatic rings. The number of nitrogens with two attached hydrogens (primary N) is 1. The van der Waals surface area contributed by atoms with E-state index < -0.39 is 0 Å². The van der Waals surface area contributed by atoms with Gasteiger partial charge in [-0.1, -0.05) is 36.4 Å². The summed E-state index contributed by atoms with van der Waals surface area (Å²) in [5, 5.41) is 5.26. The molecular weight excluding hydrogens is 290 g/mol. The van der Waals surface area contributed by atoms with Crippen LogP contribution < -0.4 is 11.1 Å². The Morgan fingerprint density at radius 2 is 2.04 bits per heavy atom. The van der Waals surface area contributed by atoms with Crippen LogP contribution in [-0.4, -0.2) is 36.9 Å². The van der Waals surface area contributed by atoms with Gasteiger partial charge in [0.15, 0.2) is 0 Å². The molecule has 1 heterocycles. The largest absolute Gasteiger partial charge is 0.348 e. The van der Waals surface area contributed by atoms with E-state index in [0.29, 0.717) is 13.1 Å². The molecule has 0 aromatic heterocycles. The number of rotatable bonds is 4. The van der Waals surface area contributed by atoms with Crippen LogP contribution in [0.1, 0.15) is 18.0 Å². The highest BCUT2D eigenvalue weighted by atomic mass is 16.2. The average molecular weight is 311 g/mol. The van der Waals surface area contributed by atoms with E-state index in [2.05, 4.69) is 17.4 Å². The van der Waals surface area contributed by atoms with E-state index in [0.717, 1.165) is 16.3 Å². The van der Waals surface area contributed by atoms with Gasteiger partial charge in [-0.15, -0.1) is 0 Å². The molecule has 2 aromatic rings. The summed E-state index contributed by atoms with van der Waals surface area (Å²) in [7, 11) is 1.72. The molecule has 2 amide bonds. The van der Waals surface area contributed by atoms with Crippen molar-refractivity contribution >= 4 is 22.6 Å². The summed E-state index contributed by atoms with van der Waals surface area (Å²) in [4.78, 5) is 25.6. The molecule has 0 saturated carbocycles. The van der Waals surface area contributed by atoms with Crippen molar-refractivity contribution in [2.24, 2.45) is 11.7 Å². The second kappa shape index (κ2) is 6.38. The number of amides is 2. The first-order chi connectivity index (χ1) is 11.1. The van der Waals surface area contributed by atoms with Crippen molar-refractivity contribution in [2.45, 2.75) is 12.5 Å². The summed E-state index contributed by atoms with van der Waals surface area (Å²) in [6, 6.07) is 13.9. The van der Waals surface area contributed by atoms with Gasteiger partial charge < -0.3 is 16.0 Å². The number of likely N-dealkylation sites (tertiary alicyclic amines) is 1. The molecule has 23 heavy (non-hydrogen) atoms. The van der Waals surface area contributed by atoms with Crippen LogP contribution in [0, 0.1) is 5.92 Å². The van der Waals surface area contributed by atoms with Gasteiger partial charge in [0.25, 0.3) is 0 Å². The van der Waals surface area contributed by atoms with Crippen molar-refractivity contribution in [3.8, 4) is 0 Å². The van der Waals surface area contributed by atoms with E-state index in [1.165, 1.54) is 0 Å². The van der Waals surface area contributed by atoms with Gasteiger partial charge in [0.1, 0.15) is 0 Å². The lowest BCUT2D eigenvalue weighted by atomic mass is 10.0. The zero-order valence-corrected chi connectivity index (χ0v) is 13.2. The van der Waals surface area contributed by atoms with Crippen LogP contribution in [0.5, 0.6) is 0 Å². The number of benzene rings is 2. The van der Waals surface area contributed by atoms with Crippen molar-refractivity contribution < 1.29 is 9.59 Å². The first-order valence-corrected chi connectivity index (χ1v) is 7.81. The van der Waals surface area contributed by atoms with Gasteiger partial charge in [-0.25, -0.2) is 0 Å². The minimum absolute atomic E-state index is 0.0140. The molecule has 0 bridgehead atoms. The molecule has 120 valence electrons. The predicted molar refractivity (Wildman–Crippen MR) is 89.6 cm³/mol. The number of hydrogen-bond donors (Lipinski definition) is 2. The number of nitrogens with zero attached hydrogens (tertiary/aromatic N) is 1. The van der Waals surface area contributed by atoms with E-state index in [1.807, 2.05) is 30.3 Å². The molecule has 2 atom stereocenters. The SMILES string of the molecule is CN1CC(C(=O)NC(CN)c2ccc3ccccc3c2)CC1=O. The number of carbonyl (C=O) groups excluding carboxylic acids is 2. The van der Waals surface area contributed by atoms with Crippen LogP contribution in [-0.2, 0) is 9.59 Å². The first kappa shape index (κ1) is 15.5. The fraction of sp³-hybridized carbons (Fsp3) is 0.333. The molecule has 5 heteroatoms. The lowest BCUT2D eigenvalue weighted by Crippen LogP contribution is -2.38. The number of nitrogens with one attached hydrogen (secondary N) is 1. The molecule has 2 unspecified atom stereocenters. The highest BCUT2D eigenvalue weighted by Gasteiger charge is 2.32. The number of fused-ring (bicyclic) bond motifs is 1. The van der Waals surface area contributed by atoms with Crippen LogP contribution >= 0.6 is 0 Å². The summed E-state index contributed by atoms with van der Waals surface area (Å²) in [5.74, 6) is -0.381. The van der Waals surface area contributed by atoms with Crippen molar-refractivity contribution in [3.63, 3.8) is 0 Å². The second-order valence-corrected chi connectivity index (χ2v) is 6.08. The molecule has 1 saturated heterocycles. The van der Waals surface area contributed by atoms with Gasteiger partial charge in [-0.2, -0.15) is 0 Å².